The molecule has 0 aliphatic heterocycles. The van der Waals surface area contributed by atoms with Crippen LogP contribution in [0.15, 0.2) is 30.3 Å². The third kappa shape index (κ3) is 3.84. The molecule has 1 aliphatic rings. The standard InChI is InChI=1S/C15H21NO2/c16-14(10-12-6-4-5-7-12)15(17)18-11-13-8-2-1-3-9-13/h1-3,8-9,12,14H,4-7,10-11,16H2/t14-/m0/s1. The Bertz CT molecular complexity index is 371. The molecule has 18 heavy (non-hydrogen) atoms. The third-order valence-electron chi connectivity index (χ3n) is 3.59. The number of rotatable bonds is 5. The largest absolute Gasteiger partial charge is 0.460 e. The Labute approximate surface area is 108 Å². The van der Waals surface area contributed by atoms with Gasteiger partial charge in [-0.1, -0.05) is 56.0 Å². The van der Waals surface area contributed by atoms with E-state index in [4.69, 9.17) is 10.5 Å². The number of carbonyl (C=O) groups is 1. The van der Waals surface area contributed by atoms with E-state index in [2.05, 4.69) is 0 Å². The lowest BCUT2D eigenvalue weighted by Gasteiger charge is -2.15. The molecule has 0 radical (unpaired) electrons. The van der Waals surface area contributed by atoms with Gasteiger partial charge >= 0.3 is 5.97 Å². The summed E-state index contributed by atoms with van der Waals surface area (Å²) in [6, 6.07) is 9.23. The maximum atomic E-state index is 11.8. The van der Waals surface area contributed by atoms with Gasteiger partial charge < -0.3 is 10.5 Å². The summed E-state index contributed by atoms with van der Waals surface area (Å²) in [5.41, 5.74) is 6.89. The molecule has 3 heteroatoms. The van der Waals surface area contributed by atoms with Crippen LogP contribution in [0, 0.1) is 5.92 Å². The van der Waals surface area contributed by atoms with E-state index in [0.29, 0.717) is 12.5 Å². The molecule has 98 valence electrons. The van der Waals surface area contributed by atoms with Crippen molar-refractivity contribution in [3.8, 4) is 0 Å². The van der Waals surface area contributed by atoms with Crippen molar-refractivity contribution in [1.82, 2.24) is 0 Å². The summed E-state index contributed by atoms with van der Waals surface area (Å²) >= 11 is 0. The van der Waals surface area contributed by atoms with Crippen LogP contribution in [0.4, 0.5) is 0 Å². The fraction of sp³-hybridized carbons (Fsp3) is 0.533. The van der Waals surface area contributed by atoms with Crippen molar-refractivity contribution in [2.75, 3.05) is 0 Å². The topological polar surface area (TPSA) is 52.3 Å². The second kappa shape index (κ2) is 6.55. The number of esters is 1. The predicted octanol–water partition coefficient (Wildman–Crippen LogP) is 2.64. The van der Waals surface area contributed by atoms with Crippen LogP contribution >= 0.6 is 0 Å². The summed E-state index contributed by atoms with van der Waals surface area (Å²) in [5, 5.41) is 0. The van der Waals surface area contributed by atoms with Gasteiger partial charge in [0.15, 0.2) is 0 Å². The fourth-order valence-corrected chi connectivity index (χ4v) is 2.54. The molecule has 0 amide bonds. The van der Waals surface area contributed by atoms with Gasteiger partial charge in [-0.05, 0) is 17.9 Å². The molecule has 0 spiro atoms. The van der Waals surface area contributed by atoms with E-state index in [9.17, 15) is 4.79 Å². The summed E-state index contributed by atoms with van der Waals surface area (Å²) in [7, 11) is 0. The van der Waals surface area contributed by atoms with Crippen molar-refractivity contribution >= 4 is 5.97 Å². The predicted molar refractivity (Wildman–Crippen MR) is 70.8 cm³/mol. The quantitative estimate of drug-likeness (QED) is 0.814. The first-order valence-electron chi connectivity index (χ1n) is 6.72. The average Bonchev–Trinajstić information content (AvgIpc) is 2.90. The molecule has 1 aliphatic carbocycles. The lowest BCUT2D eigenvalue weighted by molar-refractivity contribution is -0.147. The number of hydrogen-bond donors (Lipinski definition) is 1. The van der Waals surface area contributed by atoms with Gasteiger partial charge in [-0.25, -0.2) is 0 Å². The maximum absolute atomic E-state index is 11.8. The first kappa shape index (κ1) is 13.1. The minimum Gasteiger partial charge on any atom is -0.460 e. The number of ether oxygens (including phenoxy) is 1. The molecule has 1 aromatic carbocycles. The maximum Gasteiger partial charge on any atom is 0.323 e. The first-order valence-corrected chi connectivity index (χ1v) is 6.72. The number of benzene rings is 1. The molecule has 2 rings (SSSR count). The summed E-state index contributed by atoms with van der Waals surface area (Å²) < 4.78 is 5.24. The van der Waals surface area contributed by atoms with Gasteiger partial charge in [0.2, 0.25) is 0 Å². The van der Waals surface area contributed by atoms with Crippen LogP contribution in [0.5, 0.6) is 0 Å². The highest BCUT2D eigenvalue weighted by Crippen LogP contribution is 2.28. The first-order chi connectivity index (χ1) is 8.75. The Balaban J connectivity index is 1.73. The molecule has 1 atom stereocenters. The van der Waals surface area contributed by atoms with Crippen LogP contribution in [-0.2, 0) is 16.1 Å². The summed E-state index contributed by atoms with van der Waals surface area (Å²) in [4.78, 5) is 11.8. The van der Waals surface area contributed by atoms with Gasteiger partial charge in [0.05, 0.1) is 0 Å². The summed E-state index contributed by atoms with van der Waals surface area (Å²) in [6.07, 6.45) is 5.74. The molecular formula is C15H21NO2. The minimum absolute atomic E-state index is 0.272. The number of carbonyl (C=O) groups excluding carboxylic acids is 1. The van der Waals surface area contributed by atoms with Crippen LogP contribution in [-0.4, -0.2) is 12.0 Å². The van der Waals surface area contributed by atoms with Crippen molar-refractivity contribution in [3.05, 3.63) is 35.9 Å². The Kier molecular flexibility index (Phi) is 4.76. The molecule has 3 nitrogen and oxygen atoms in total. The van der Waals surface area contributed by atoms with Crippen LogP contribution in [0.25, 0.3) is 0 Å². The molecule has 1 aromatic rings. The Morgan fingerprint density at radius 1 is 1.28 bits per heavy atom. The highest BCUT2D eigenvalue weighted by atomic mass is 16.5. The van der Waals surface area contributed by atoms with Crippen LogP contribution in [0.3, 0.4) is 0 Å². The molecule has 0 saturated heterocycles. The van der Waals surface area contributed by atoms with Gasteiger partial charge in [-0.15, -0.1) is 0 Å². The Morgan fingerprint density at radius 3 is 2.61 bits per heavy atom. The van der Waals surface area contributed by atoms with Gasteiger partial charge in [0, 0.05) is 0 Å². The molecule has 0 bridgehead atoms. The molecule has 0 heterocycles. The van der Waals surface area contributed by atoms with Crippen LogP contribution < -0.4 is 5.73 Å². The molecule has 0 unspecified atom stereocenters. The van der Waals surface area contributed by atoms with Crippen LogP contribution in [0.1, 0.15) is 37.7 Å². The third-order valence-corrected chi connectivity index (χ3v) is 3.59. The minimum atomic E-state index is -0.461. The Hall–Kier alpha value is -1.35. The monoisotopic (exact) mass is 247 g/mol. The van der Waals surface area contributed by atoms with Gasteiger partial charge in [0.1, 0.15) is 12.6 Å². The van der Waals surface area contributed by atoms with Crippen LogP contribution in [0.2, 0.25) is 0 Å². The van der Waals surface area contributed by atoms with E-state index >= 15 is 0 Å². The normalized spacial score (nSPS) is 17.6. The van der Waals surface area contributed by atoms with Gasteiger partial charge in [0.25, 0.3) is 0 Å². The van der Waals surface area contributed by atoms with E-state index < -0.39 is 6.04 Å². The lowest BCUT2D eigenvalue weighted by atomic mass is 9.99. The molecular weight excluding hydrogens is 226 g/mol. The zero-order valence-electron chi connectivity index (χ0n) is 10.7. The zero-order valence-corrected chi connectivity index (χ0v) is 10.7. The number of hydrogen-bond acceptors (Lipinski definition) is 3. The molecule has 1 saturated carbocycles. The number of nitrogens with two attached hydrogens (primary N) is 1. The highest BCUT2D eigenvalue weighted by molar-refractivity contribution is 5.75. The SMILES string of the molecule is N[C@@H](CC1CCCC1)C(=O)OCc1ccccc1. The van der Waals surface area contributed by atoms with Crippen molar-refractivity contribution < 1.29 is 9.53 Å². The zero-order chi connectivity index (χ0) is 12.8. The van der Waals surface area contributed by atoms with E-state index in [-0.39, 0.29) is 5.97 Å². The van der Waals surface area contributed by atoms with E-state index in [0.717, 1.165) is 12.0 Å². The van der Waals surface area contributed by atoms with Gasteiger partial charge in [-0.3, -0.25) is 4.79 Å². The Morgan fingerprint density at radius 2 is 1.94 bits per heavy atom. The van der Waals surface area contributed by atoms with E-state index in [1.165, 1.54) is 25.7 Å². The second-order valence-electron chi connectivity index (χ2n) is 5.09. The second-order valence-corrected chi connectivity index (χ2v) is 5.09. The molecule has 1 fully saturated rings. The van der Waals surface area contributed by atoms with E-state index in [1.54, 1.807) is 0 Å². The highest BCUT2D eigenvalue weighted by Gasteiger charge is 2.23. The fourth-order valence-electron chi connectivity index (χ4n) is 2.54. The average molecular weight is 247 g/mol. The summed E-state index contributed by atoms with van der Waals surface area (Å²) in [5.74, 6) is 0.343. The molecule has 0 aromatic heterocycles. The van der Waals surface area contributed by atoms with Crippen molar-refractivity contribution in [2.45, 2.75) is 44.8 Å². The van der Waals surface area contributed by atoms with Crippen molar-refractivity contribution in [3.63, 3.8) is 0 Å². The molecule has 2 N–H and O–H groups in total. The summed E-state index contributed by atoms with van der Waals surface area (Å²) in [6.45, 7) is 0.317. The van der Waals surface area contributed by atoms with Gasteiger partial charge in [-0.2, -0.15) is 0 Å². The lowest BCUT2D eigenvalue weighted by Crippen LogP contribution is -2.33. The van der Waals surface area contributed by atoms with E-state index in [1.807, 2.05) is 30.3 Å². The smallest absolute Gasteiger partial charge is 0.323 e. The van der Waals surface area contributed by atoms with Crippen molar-refractivity contribution in [1.29, 1.82) is 0 Å². The van der Waals surface area contributed by atoms with Crippen molar-refractivity contribution in [2.24, 2.45) is 11.7 Å².